The summed E-state index contributed by atoms with van der Waals surface area (Å²) in [5.74, 6) is -0.551. The highest BCUT2D eigenvalue weighted by Crippen LogP contribution is 2.64. The summed E-state index contributed by atoms with van der Waals surface area (Å²) in [4.78, 5) is 51.1. The summed E-state index contributed by atoms with van der Waals surface area (Å²) in [6, 6.07) is 23.5. The Morgan fingerprint density at radius 3 is 1.88 bits per heavy atom. The summed E-state index contributed by atoms with van der Waals surface area (Å²) < 4.78 is 86.0. The maximum absolute atomic E-state index is 13.7. The van der Waals surface area contributed by atoms with E-state index in [1.807, 2.05) is 6.07 Å². The van der Waals surface area contributed by atoms with Crippen LogP contribution in [0.15, 0.2) is 94.9 Å². The average Bonchev–Trinajstić information content (AvgIpc) is 3.83. The fourth-order valence-electron chi connectivity index (χ4n) is 8.14. The number of hydrogen-bond acceptors (Lipinski definition) is 14. The fourth-order valence-corrected chi connectivity index (χ4v) is 15.3. The molecule has 3 aliphatic heterocycles. The van der Waals surface area contributed by atoms with Gasteiger partial charge in [-0.15, -0.1) is 21.6 Å². The number of aliphatic imine (C=N–C) groups is 2. The van der Waals surface area contributed by atoms with E-state index < -0.39 is 82.5 Å². The van der Waals surface area contributed by atoms with Crippen LogP contribution in [0.1, 0.15) is 89.0 Å². The molecule has 3 aromatic carbocycles. The summed E-state index contributed by atoms with van der Waals surface area (Å²) in [6.07, 6.45) is 0.186. The first kappa shape index (κ1) is 50.3. The van der Waals surface area contributed by atoms with Crippen molar-refractivity contribution in [3.8, 4) is 5.75 Å². The van der Waals surface area contributed by atoms with Crippen molar-refractivity contribution in [2.75, 3.05) is 31.9 Å². The van der Waals surface area contributed by atoms with Gasteiger partial charge in [0.2, 0.25) is 5.44 Å². The van der Waals surface area contributed by atoms with E-state index in [1.54, 1.807) is 134 Å². The van der Waals surface area contributed by atoms with Crippen molar-refractivity contribution in [2.45, 2.75) is 101 Å². The Labute approximate surface area is 390 Å². The first-order chi connectivity index (χ1) is 30.4. The molecule has 0 aromatic heterocycles. The number of thioether (sulfide) groups is 1. The van der Waals surface area contributed by atoms with E-state index in [2.05, 4.69) is 9.98 Å². The molecule has 20 heteroatoms. The molecule has 0 saturated carbocycles. The van der Waals surface area contributed by atoms with Gasteiger partial charge in [-0.25, -0.2) is 13.4 Å². The Morgan fingerprint density at radius 1 is 0.800 bits per heavy atom. The Kier molecular flexibility index (Phi) is 15.2. The normalized spacial score (nSPS) is 24.0. The van der Waals surface area contributed by atoms with Gasteiger partial charge >= 0.3 is 16.2 Å². The SMILES string of the molecule is CC(C)N1C(=O)C(=NCCc2ccc(OS(=O)(=O)C(OC(=O)N3CCC(SCCN=C4C(=O)N(C(C)(C)C)S(O)(O)C4c4ccccc4)C3)C(C)(C)C)cc2)C(c2ccccc2)S1(O)O. The van der Waals surface area contributed by atoms with Gasteiger partial charge in [0.25, 0.3) is 11.8 Å². The topological polar surface area (TPSA) is 219 Å². The van der Waals surface area contributed by atoms with Crippen LogP contribution in [0.5, 0.6) is 5.75 Å². The third-order valence-corrected chi connectivity index (χ3v) is 18.6. The molecule has 3 amide bonds. The number of carbonyl (C=O) groups is 3. The number of ether oxygens (including phenoxy) is 1. The lowest BCUT2D eigenvalue weighted by molar-refractivity contribution is -0.122. The second-order valence-corrected chi connectivity index (χ2v) is 25.4. The highest BCUT2D eigenvalue weighted by atomic mass is 32.3. The number of likely N-dealkylation sites (tertiary alicyclic amines) is 1. The fraction of sp³-hybridized carbons (Fsp3) is 0.489. The number of amides is 3. The molecular formula is C45H61N5O11S4. The Balaban J connectivity index is 1.04. The van der Waals surface area contributed by atoms with Crippen LogP contribution >= 0.6 is 33.3 Å². The van der Waals surface area contributed by atoms with Crippen LogP contribution in [0.25, 0.3) is 0 Å². The third-order valence-electron chi connectivity index (χ3n) is 10.9. The van der Waals surface area contributed by atoms with E-state index in [4.69, 9.17) is 8.92 Å². The van der Waals surface area contributed by atoms with E-state index in [0.29, 0.717) is 42.8 Å². The number of benzene rings is 3. The van der Waals surface area contributed by atoms with Gasteiger partial charge < -0.3 is 13.8 Å². The predicted octanol–water partition coefficient (Wildman–Crippen LogP) is 8.84. The molecule has 16 nitrogen and oxygen atoms in total. The molecule has 0 aliphatic carbocycles. The molecule has 3 aromatic rings. The largest absolute Gasteiger partial charge is 0.425 e. The van der Waals surface area contributed by atoms with Crippen molar-refractivity contribution in [2.24, 2.45) is 15.4 Å². The lowest BCUT2D eigenvalue weighted by atomic mass is 9.98. The molecular weight excluding hydrogens is 915 g/mol. The minimum absolute atomic E-state index is 0.00814. The zero-order chi connectivity index (χ0) is 47.7. The summed E-state index contributed by atoms with van der Waals surface area (Å²) in [5, 5.41) is -2.00. The molecule has 356 valence electrons. The van der Waals surface area contributed by atoms with Crippen molar-refractivity contribution in [1.82, 2.24) is 13.5 Å². The molecule has 0 bridgehead atoms. The highest BCUT2D eigenvalue weighted by molar-refractivity contribution is 8.24. The summed E-state index contributed by atoms with van der Waals surface area (Å²) in [5.41, 5.74) is -1.49. The molecule has 3 fully saturated rings. The number of carbonyl (C=O) groups excluding carboxylic acids is 3. The predicted molar refractivity (Wildman–Crippen MR) is 259 cm³/mol. The third kappa shape index (κ3) is 11.0. The molecule has 65 heavy (non-hydrogen) atoms. The van der Waals surface area contributed by atoms with Gasteiger partial charge in [0, 0.05) is 48.6 Å². The average molecular weight is 976 g/mol. The molecule has 3 aliphatic rings. The maximum Gasteiger partial charge on any atom is 0.411 e. The van der Waals surface area contributed by atoms with E-state index in [9.17, 15) is 41.0 Å². The smallest absolute Gasteiger partial charge is 0.411 e. The second-order valence-electron chi connectivity index (χ2n) is 18.5. The summed E-state index contributed by atoms with van der Waals surface area (Å²) in [7, 11) is -11.6. The van der Waals surface area contributed by atoms with Crippen molar-refractivity contribution >= 4 is 72.8 Å². The number of rotatable bonds is 14. The molecule has 6 rings (SSSR count). The van der Waals surface area contributed by atoms with Gasteiger partial charge in [-0.1, -0.05) is 93.6 Å². The van der Waals surface area contributed by atoms with Gasteiger partial charge in [0.15, 0.2) is 0 Å². The molecule has 4 N–H and O–H groups in total. The van der Waals surface area contributed by atoms with Gasteiger partial charge in [0.05, 0.1) is 5.54 Å². The van der Waals surface area contributed by atoms with Crippen LogP contribution in [0.2, 0.25) is 0 Å². The minimum Gasteiger partial charge on any atom is -0.425 e. The lowest BCUT2D eigenvalue weighted by Crippen LogP contribution is -2.44. The zero-order valence-corrected chi connectivity index (χ0v) is 41.2. The van der Waals surface area contributed by atoms with Crippen LogP contribution < -0.4 is 4.18 Å². The number of hydrogen-bond donors (Lipinski definition) is 4. The first-order valence-electron chi connectivity index (χ1n) is 21.4. The Morgan fingerprint density at radius 2 is 1.34 bits per heavy atom. The molecule has 4 atom stereocenters. The molecule has 0 radical (unpaired) electrons. The van der Waals surface area contributed by atoms with Crippen molar-refractivity contribution in [3.05, 3.63) is 102 Å². The standard InChI is InChI=1S/C45H61N5O11S4/c1-30(2)49-40(51)36(38(63(49,54)55)32-15-11-9-12-16-32)46-25-23-31-19-21-34(22-20-31)61-65(58,59)42(44(3,4)5)60-43(53)48-27-24-35(29-48)62-28-26-47-37-39(33-17-13-10-14-18-33)64(56,57)50(41(37)52)45(6,7)8/h9-22,30,35,38-39,42,54-57H,23-29H2,1-8H3. The van der Waals surface area contributed by atoms with E-state index in [1.165, 1.54) is 17.0 Å². The van der Waals surface area contributed by atoms with Crippen LogP contribution in [-0.2, 0) is 30.9 Å². The monoisotopic (exact) mass is 975 g/mol. The molecule has 3 saturated heterocycles. The van der Waals surface area contributed by atoms with Crippen LogP contribution in [0, 0.1) is 5.41 Å². The minimum atomic E-state index is -4.51. The molecule has 0 spiro atoms. The van der Waals surface area contributed by atoms with Crippen molar-refractivity contribution in [3.63, 3.8) is 0 Å². The summed E-state index contributed by atoms with van der Waals surface area (Å²) in [6.45, 7) is 14.6. The molecule has 4 unspecified atom stereocenters. The van der Waals surface area contributed by atoms with Crippen molar-refractivity contribution in [1.29, 1.82) is 0 Å². The van der Waals surface area contributed by atoms with E-state index in [-0.39, 0.29) is 35.5 Å². The van der Waals surface area contributed by atoms with Gasteiger partial charge in [0.1, 0.15) is 27.7 Å². The highest BCUT2D eigenvalue weighted by Gasteiger charge is 2.55. The zero-order valence-electron chi connectivity index (χ0n) is 37.9. The Bertz CT molecular complexity index is 2370. The molecule has 3 heterocycles. The van der Waals surface area contributed by atoms with Crippen LogP contribution in [-0.4, -0.2) is 124 Å². The van der Waals surface area contributed by atoms with Gasteiger partial charge in [-0.05, 0) is 76.3 Å². The first-order valence-corrected chi connectivity index (χ1v) is 27.0. The van der Waals surface area contributed by atoms with Gasteiger partial charge in [-0.3, -0.25) is 37.8 Å². The van der Waals surface area contributed by atoms with E-state index in [0.717, 1.165) is 14.2 Å². The quantitative estimate of drug-likeness (QED) is 0.0880. The van der Waals surface area contributed by atoms with Crippen molar-refractivity contribution < 1.29 is 49.9 Å². The number of nitrogens with zero attached hydrogens (tertiary/aromatic N) is 5. The van der Waals surface area contributed by atoms with Crippen LogP contribution in [0.3, 0.4) is 0 Å². The maximum atomic E-state index is 13.7. The second kappa shape index (κ2) is 19.6. The summed E-state index contributed by atoms with van der Waals surface area (Å²) >= 11 is 1.55. The van der Waals surface area contributed by atoms with Gasteiger partial charge in [-0.2, -0.15) is 20.2 Å². The van der Waals surface area contributed by atoms with Crippen LogP contribution in [0.4, 0.5) is 4.79 Å². The Hall–Kier alpha value is -4.15. The van der Waals surface area contributed by atoms with E-state index >= 15 is 0 Å². The lowest BCUT2D eigenvalue weighted by Gasteiger charge is -2.46.